The van der Waals surface area contributed by atoms with E-state index >= 15 is 0 Å². The molecule has 31 heavy (non-hydrogen) atoms. The van der Waals surface area contributed by atoms with E-state index in [1.807, 2.05) is 61.5 Å². The molecule has 0 radical (unpaired) electrons. The first-order chi connectivity index (χ1) is 15.1. The zero-order valence-electron chi connectivity index (χ0n) is 18.3. The molecule has 0 fully saturated rings. The average Bonchev–Trinajstić information content (AvgIpc) is 3.27. The number of benzene rings is 2. The van der Waals surface area contributed by atoms with Gasteiger partial charge < -0.3 is 20.0 Å². The summed E-state index contributed by atoms with van der Waals surface area (Å²) in [6.45, 7) is 3.89. The molecule has 2 aromatic carbocycles. The Morgan fingerprint density at radius 1 is 1.10 bits per heavy atom. The van der Waals surface area contributed by atoms with Crippen LogP contribution in [0.5, 0.6) is 0 Å². The Morgan fingerprint density at radius 2 is 1.90 bits per heavy atom. The number of amides is 1. The molecule has 1 heterocycles. The van der Waals surface area contributed by atoms with Crippen LogP contribution in [-0.4, -0.2) is 48.9 Å². The molecule has 0 aliphatic carbocycles. The second-order valence-electron chi connectivity index (χ2n) is 7.28. The molecule has 1 aromatic heterocycles. The minimum atomic E-state index is 0.00666. The maximum atomic E-state index is 12.1. The predicted molar refractivity (Wildman–Crippen MR) is 123 cm³/mol. The van der Waals surface area contributed by atoms with Gasteiger partial charge in [0.05, 0.1) is 6.54 Å². The van der Waals surface area contributed by atoms with E-state index < -0.39 is 0 Å². The number of guanidine groups is 1. The van der Waals surface area contributed by atoms with Crippen molar-refractivity contribution in [1.29, 1.82) is 0 Å². The molecule has 0 unspecified atom stereocenters. The number of aliphatic imine (C=N–C) groups is 1. The molecule has 2 N–H and O–H groups in total. The normalized spacial score (nSPS) is 11.3. The highest BCUT2D eigenvalue weighted by Gasteiger charge is 2.09. The summed E-state index contributed by atoms with van der Waals surface area (Å²) < 4.78 is 5.58. The van der Waals surface area contributed by atoms with E-state index in [4.69, 9.17) is 4.42 Å². The third-order valence-corrected chi connectivity index (χ3v) is 4.60. The summed E-state index contributed by atoms with van der Waals surface area (Å²) in [6, 6.07) is 17.5. The molecule has 3 rings (SSSR count). The second kappa shape index (κ2) is 11.0. The first-order valence-corrected chi connectivity index (χ1v) is 10.4. The van der Waals surface area contributed by atoms with E-state index in [9.17, 15) is 4.79 Å². The zero-order chi connectivity index (χ0) is 22.1. The number of nitrogens with one attached hydrogen (secondary N) is 2. The molecule has 1 amide bonds. The fourth-order valence-electron chi connectivity index (χ4n) is 3.04. The number of carbonyl (C=O) groups excluding carboxylic acids is 1. The van der Waals surface area contributed by atoms with Crippen LogP contribution >= 0.6 is 0 Å². The quantitative estimate of drug-likeness (QED) is 0.432. The van der Waals surface area contributed by atoms with Gasteiger partial charge in [-0.2, -0.15) is 0 Å². The number of oxazole rings is 1. The van der Waals surface area contributed by atoms with Crippen LogP contribution < -0.4 is 10.6 Å². The molecule has 162 valence electrons. The van der Waals surface area contributed by atoms with Gasteiger partial charge in [0.15, 0.2) is 5.96 Å². The van der Waals surface area contributed by atoms with E-state index in [0.29, 0.717) is 30.5 Å². The van der Waals surface area contributed by atoms with Crippen molar-refractivity contribution in [2.24, 2.45) is 4.99 Å². The lowest BCUT2D eigenvalue weighted by atomic mass is 10.1. The number of aromatic nitrogens is 1. The number of rotatable bonds is 8. The molecule has 0 bridgehead atoms. The van der Waals surface area contributed by atoms with Crippen molar-refractivity contribution in [3.05, 3.63) is 77.7 Å². The molecule has 3 aromatic rings. The summed E-state index contributed by atoms with van der Waals surface area (Å²) in [5.74, 6) is 1.32. The molecule has 0 saturated heterocycles. The Bertz CT molecular complexity index is 1010. The maximum Gasteiger partial charge on any atom is 0.253 e. The van der Waals surface area contributed by atoms with Crippen LogP contribution in [0, 0.1) is 0 Å². The molecule has 0 atom stereocenters. The predicted octanol–water partition coefficient (Wildman–Crippen LogP) is 3.34. The summed E-state index contributed by atoms with van der Waals surface area (Å²) in [5.41, 5.74) is 3.51. The Hall–Kier alpha value is -3.61. The molecule has 0 spiro atoms. The third-order valence-electron chi connectivity index (χ3n) is 4.60. The standard InChI is InChI=1S/C24H29N5O2/c1-4-25-24(26-14-13-18-9-8-12-20(15-18)23(30)29(2)3)27-16-21-17-31-22(28-21)19-10-6-5-7-11-19/h5-12,15,17H,4,13-14,16H2,1-3H3,(H2,25,26,27). The van der Waals surface area contributed by atoms with E-state index in [1.54, 1.807) is 25.3 Å². The minimum absolute atomic E-state index is 0.00666. The molecular weight excluding hydrogens is 390 g/mol. The first kappa shape index (κ1) is 22.1. The van der Waals surface area contributed by atoms with Gasteiger partial charge in [-0.15, -0.1) is 0 Å². The number of nitrogens with zero attached hydrogens (tertiary/aromatic N) is 3. The van der Waals surface area contributed by atoms with E-state index in [-0.39, 0.29) is 5.91 Å². The lowest BCUT2D eigenvalue weighted by Crippen LogP contribution is -2.38. The summed E-state index contributed by atoms with van der Waals surface area (Å²) >= 11 is 0. The van der Waals surface area contributed by atoms with Crippen molar-refractivity contribution in [2.75, 3.05) is 27.2 Å². The van der Waals surface area contributed by atoms with Gasteiger partial charge >= 0.3 is 0 Å². The number of hydrogen-bond donors (Lipinski definition) is 2. The van der Waals surface area contributed by atoms with Crippen LogP contribution in [0.15, 0.2) is 70.3 Å². The van der Waals surface area contributed by atoms with Gasteiger partial charge in [0, 0.05) is 38.3 Å². The summed E-state index contributed by atoms with van der Waals surface area (Å²) in [5, 5.41) is 6.58. The zero-order valence-corrected chi connectivity index (χ0v) is 18.3. The van der Waals surface area contributed by atoms with E-state index in [1.165, 1.54) is 0 Å². The van der Waals surface area contributed by atoms with Gasteiger partial charge in [0.25, 0.3) is 5.91 Å². The van der Waals surface area contributed by atoms with Crippen molar-refractivity contribution >= 4 is 11.9 Å². The Kier molecular flexibility index (Phi) is 7.81. The van der Waals surface area contributed by atoms with Crippen molar-refractivity contribution in [1.82, 2.24) is 20.5 Å². The van der Waals surface area contributed by atoms with E-state index in [0.717, 1.165) is 29.8 Å². The molecular formula is C24H29N5O2. The van der Waals surface area contributed by atoms with Crippen molar-refractivity contribution in [3.8, 4) is 11.5 Å². The minimum Gasteiger partial charge on any atom is -0.444 e. The van der Waals surface area contributed by atoms with Crippen LogP contribution in [0.25, 0.3) is 11.5 Å². The van der Waals surface area contributed by atoms with Crippen LogP contribution in [0.4, 0.5) is 0 Å². The van der Waals surface area contributed by atoms with Crippen molar-refractivity contribution < 1.29 is 9.21 Å². The Balaban J connectivity index is 1.57. The molecule has 7 nitrogen and oxygen atoms in total. The molecule has 0 aliphatic rings. The SMILES string of the molecule is CCNC(=NCc1coc(-c2ccccc2)n1)NCCc1cccc(C(=O)N(C)C)c1. The van der Waals surface area contributed by atoms with E-state index in [2.05, 4.69) is 20.6 Å². The highest BCUT2D eigenvalue weighted by atomic mass is 16.3. The maximum absolute atomic E-state index is 12.1. The average molecular weight is 420 g/mol. The monoisotopic (exact) mass is 419 g/mol. The molecule has 7 heteroatoms. The van der Waals surface area contributed by atoms with Crippen molar-refractivity contribution in [3.63, 3.8) is 0 Å². The molecule has 0 aliphatic heterocycles. The summed E-state index contributed by atoms with van der Waals surface area (Å²) in [7, 11) is 3.51. The topological polar surface area (TPSA) is 82.8 Å². The number of hydrogen-bond acceptors (Lipinski definition) is 4. The summed E-state index contributed by atoms with van der Waals surface area (Å²) in [6.07, 6.45) is 2.42. The number of carbonyl (C=O) groups is 1. The molecule has 0 saturated carbocycles. The van der Waals surface area contributed by atoms with Crippen LogP contribution in [0.2, 0.25) is 0 Å². The highest BCUT2D eigenvalue weighted by molar-refractivity contribution is 5.94. The third kappa shape index (κ3) is 6.44. The first-order valence-electron chi connectivity index (χ1n) is 10.4. The largest absolute Gasteiger partial charge is 0.444 e. The van der Waals surface area contributed by atoms with Crippen LogP contribution in [-0.2, 0) is 13.0 Å². The lowest BCUT2D eigenvalue weighted by molar-refractivity contribution is 0.0827. The van der Waals surface area contributed by atoms with Gasteiger partial charge in [-0.25, -0.2) is 9.98 Å². The highest BCUT2D eigenvalue weighted by Crippen LogP contribution is 2.18. The fourth-order valence-corrected chi connectivity index (χ4v) is 3.04. The van der Waals surface area contributed by atoms with Crippen molar-refractivity contribution in [2.45, 2.75) is 19.9 Å². The van der Waals surface area contributed by atoms with Crippen LogP contribution in [0.3, 0.4) is 0 Å². The van der Waals surface area contributed by atoms with Gasteiger partial charge in [-0.05, 0) is 43.2 Å². The van der Waals surface area contributed by atoms with Gasteiger partial charge in [-0.3, -0.25) is 4.79 Å². The van der Waals surface area contributed by atoms with Gasteiger partial charge in [0.2, 0.25) is 5.89 Å². The fraction of sp³-hybridized carbons (Fsp3) is 0.292. The second-order valence-corrected chi connectivity index (χ2v) is 7.28. The van der Waals surface area contributed by atoms with Gasteiger partial charge in [-0.1, -0.05) is 30.3 Å². The summed E-state index contributed by atoms with van der Waals surface area (Å²) in [4.78, 5) is 22.8. The lowest BCUT2D eigenvalue weighted by Gasteiger charge is -2.13. The van der Waals surface area contributed by atoms with Gasteiger partial charge in [0.1, 0.15) is 12.0 Å². The van der Waals surface area contributed by atoms with Crippen LogP contribution in [0.1, 0.15) is 28.5 Å². The Morgan fingerprint density at radius 3 is 2.65 bits per heavy atom. The Labute approximate surface area is 183 Å². The smallest absolute Gasteiger partial charge is 0.253 e.